The minimum atomic E-state index is 0.0175. The van der Waals surface area contributed by atoms with Crippen LogP contribution in [0.4, 0.5) is 0 Å². The molecule has 0 atom stereocenters. The highest BCUT2D eigenvalue weighted by atomic mass is 16.2. The molecule has 0 aromatic carbocycles. The molecule has 0 bridgehead atoms. The first-order chi connectivity index (χ1) is 7.65. The number of nitrogens with one attached hydrogen (secondary N) is 1. The first-order valence-corrected chi connectivity index (χ1v) is 5.88. The van der Waals surface area contributed by atoms with Gasteiger partial charge in [-0.25, -0.2) is 0 Å². The molecule has 0 aromatic rings. The molecule has 2 fully saturated rings. The zero-order valence-corrected chi connectivity index (χ0v) is 9.74. The Morgan fingerprint density at radius 1 is 1.56 bits per heavy atom. The van der Waals surface area contributed by atoms with E-state index in [2.05, 4.69) is 5.32 Å². The van der Waals surface area contributed by atoms with Gasteiger partial charge in [-0.3, -0.25) is 14.5 Å². The zero-order valence-electron chi connectivity index (χ0n) is 9.74. The summed E-state index contributed by atoms with van der Waals surface area (Å²) in [6, 6.07) is 0. The van der Waals surface area contributed by atoms with Crippen molar-refractivity contribution >= 4 is 11.8 Å². The molecule has 1 heterocycles. The average Bonchev–Trinajstić information content (AvgIpc) is 3.01. The smallest absolute Gasteiger partial charge is 0.236 e. The van der Waals surface area contributed by atoms with E-state index < -0.39 is 0 Å². The van der Waals surface area contributed by atoms with Gasteiger partial charge in [0.05, 0.1) is 13.1 Å². The van der Waals surface area contributed by atoms with Crippen LogP contribution in [0.1, 0.15) is 12.8 Å². The Morgan fingerprint density at radius 2 is 2.31 bits per heavy atom. The molecule has 2 amide bonds. The molecule has 0 aromatic heterocycles. The lowest BCUT2D eigenvalue weighted by Gasteiger charge is -2.27. The second kappa shape index (κ2) is 4.82. The minimum Gasteiger partial charge on any atom is -0.354 e. The number of amides is 2. The van der Waals surface area contributed by atoms with Gasteiger partial charge in [0.25, 0.3) is 0 Å². The van der Waals surface area contributed by atoms with Gasteiger partial charge in [-0.05, 0) is 18.8 Å². The largest absolute Gasteiger partial charge is 0.354 e. The fourth-order valence-electron chi connectivity index (χ4n) is 1.93. The monoisotopic (exact) mass is 225 g/mol. The molecule has 2 rings (SSSR count). The van der Waals surface area contributed by atoms with Gasteiger partial charge in [0.15, 0.2) is 0 Å². The lowest BCUT2D eigenvalue weighted by atomic mass is 10.3. The van der Waals surface area contributed by atoms with Crippen LogP contribution in [0.3, 0.4) is 0 Å². The summed E-state index contributed by atoms with van der Waals surface area (Å²) in [5.41, 5.74) is 0. The number of hydrogen-bond acceptors (Lipinski definition) is 3. The standard InChI is InChI=1S/C11H19N3O2/c1-13(6-9-2-3-9)11(16)8-14-5-4-12-10(15)7-14/h9H,2-8H2,1H3,(H,12,15). The quantitative estimate of drug-likeness (QED) is 0.687. The summed E-state index contributed by atoms with van der Waals surface area (Å²) in [4.78, 5) is 26.7. The van der Waals surface area contributed by atoms with Crippen molar-refractivity contribution in [3.8, 4) is 0 Å². The summed E-state index contributed by atoms with van der Waals surface area (Å²) in [7, 11) is 1.85. The normalized spacial score (nSPS) is 21.7. The third kappa shape index (κ3) is 3.20. The summed E-state index contributed by atoms with van der Waals surface area (Å²) >= 11 is 0. The molecule has 0 spiro atoms. The third-order valence-corrected chi connectivity index (χ3v) is 3.13. The molecule has 5 heteroatoms. The predicted octanol–water partition coefficient (Wildman–Crippen LogP) is -0.713. The maximum Gasteiger partial charge on any atom is 0.236 e. The van der Waals surface area contributed by atoms with Gasteiger partial charge in [-0.2, -0.15) is 0 Å². The molecule has 0 unspecified atom stereocenters. The minimum absolute atomic E-state index is 0.0175. The zero-order chi connectivity index (χ0) is 11.5. The van der Waals surface area contributed by atoms with E-state index in [9.17, 15) is 9.59 Å². The molecule has 0 radical (unpaired) electrons. The van der Waals surface area contributed by atoms with E-state index in [4.69, 9.17) is 0 Å². The highest BCUT2D eigenvalue weighted by molar-refractivity contribution is 5.81. The van der Waals surface area contributed by atoms with E-state index in [0.717, 1.165) is 19.0 Å². The highest BCUT2D eigenvalue weighted by Crippen LogP contribution is 2.29. The Hall–Kier alpha value is -1.10. The van der Waals surface area contributed by atoms with Crippen molar-refractivity contribution in [3.63, 3.8) is 0 Å². The van der Waals surface area contributed by atoms with Gasteiger partial charge in [-0.15, -0.1) is 0 Å². The van der Waals surface area contributed by atoms with E-state index in [1.807, 2.05) is 11.9 Å². The van der Waals surface area contributed by atoms with Gasteiger partial charge in [0.2, 0.25) is 11.8 Å². The van der Waals surface area contributed by atoms with Crippen LogP contribution in [0.15, 0.2) is 0 Å². The number of hydrogen-bond donors (Lipinski definition) is 1. The SMILES string of the molecule is CN(CC1CC1)C(=O)CN1CCNC(=O)C1. The average molecular weight is 225 g/mol. The number of piperazine rings is 1. The van der Waals surface area contributed by atoms with Crippen molar-refractivity contribution in [2.75, 3.05) is 39.8 Å². The number of rotatable bonds is 4. The molecule has 1 aliphatic heterocycles. The Labute approximate surface area is 95.8 Å². The molecule has 1 saturated heterocycles. The van der Waals surface area contributed by atoms with Gasteiger partial charge >= 0.3 is 0 Å². The molecular formula is C11H19N3O2. The van der Waals surface area contributed by atoms with E-state index >= 15 is 0 Å². The van der Waals surface area contributed by atoms with Crippen LogP contribution in [-0.2, 0) is 9.59 Å². The summed E-state index contributed by atoms with van der Waals surface area (Å²) in [6.45, 7) is 3.02. The fourth-order valence-corrected chi connectivity index (χ4v) is 1.93. The first-order valence-electron chi connectivity index (χ1n) is 5.88. The Balaban J connectivity index is 1.74. The van der Waals surface area contributed by atoms with Crippen molar-refractivity contribution in [1.29, 1.82) is 0 Å². The molecular weight excluding hydrogens is 206 g/mol. The molecule has 16 heavy (non-hydrogen) atoms. The Morgan fingerprint density at radius 3 is 2.94 bits per heavy atom. The lowest BCUT2D eigenvalue weighted by molar-refractivity contribution is -0.133. The van der Waals surface area contributed by atoms with Gasteiger partial charge in [-0.1, -0.05) is 0 Å². The lowest BCUT2D eigenvalue weighted by Crippen LogP contribution is -2.50. The second-order valence-electron chi connectivity index (χ2n) is 4.78. The van der Waals surface area contributed by atoms with Crippen molar-refractivity contribution < 1.29 is 9.59 Å². The van der Waals surface area contributed by atoms with Crippen molar-refractivity contribution in [3.05, 3.63) is 0 Å². The molecule has 5 nitrogen and oxygen atoms in total. The number of nitrogens with zero attached hydrogens (tertiary/aromatic N) is 2. The van der Waals surface area contributed by atoms with Crippen LogP contribution in [0.5, 0.6) is 0 Å². The van der Waals surface area contributed by atoms with Gasteiger partial charge in [0.1, 0.15) is 0 Å². The number of likely N-dealkylation sites (N-methyl/N-ethyl adjacent to an activating group) is 1. The summed E-state index contributed by atoms with van der Waals surface area (Å²) < 4.78 is 0. The van der Waals surface area contributed by atoms with Crippen LogP contribution in [0.25, 0.3) is 0 Å². The van der Waals surface area contributed by atoms with E-state index in [0.29, 0.717) is 19.6 Å². The second-order valence-corrected chi connectivity index (χ2v) is 4.78. The van der Waals surface area contributed by atoms with Crippen LogP contribution in [-0.4, -0.2) is 61.4 Å². The van der Waals surface area contributed by atoms with E-state index in [1.54, 1.807) is 4.90 Å². The van der Waals surface area contributed by atoms with Crippen LogP contribution in [0, 0.1) is 5.92 Å². The topological polar surface area (TPSA) is 52.7 Å². The van der Waals surface area contributed by atoms with E-state index in [-0.39, 0.29) is 11.8 Å². The summed E-state index contributed by atoms with van der Waals surface area (Å²) in [5.74, 6) is 0.865. The number of carbonyl (C=O) groups excluding carboxylic acids is 2. The summed E-state index contributed by atoms with van der Waals surface area (Å²) in [6.07, 6.45) is 2.51. The van der Waals surface area contributed by atoms with Crippen molar-refractivity contribution in [2.24, 2.45) is 5.92 Å². The van der Waals surface area contributed by atoms with Crippen molar-refractivity contribution in [2.45, 2.75) is 12.8 Å². The van der Waals surface area contributed by atoms with Gasteiger partial charge in [0, 0.05) is 26.7 Å². The Bertz CT molecular complexity index is 289. The van der Waals surface area contributed by atoms with Crippen LogP contribution < -0.4 is 5.32 Å². The molecule has 1 N–H and O–H groups in total. The van der Waals surface area contributed by atoms with Gasteiger partial charge < -0.3 is 10.2 Å². The predicted molar refractivity (Wildman–Crippen MR) is 59.8 cm³/mol. The maximum absolute atomic E-state index is 11.8. The first kappa shape index (κ1) is 11.4. The number of carbonyl (C=O) groups is 2. The maximum atomic E-state index is 11.8. The van der Waals surface area contributed by atoms with E-state index in [1.165, 1.54) is 12.8 Å². The third-order valence-electron chi connectivity index (χ3n) is 3.13. The molecule has 2 aliphatic rings. The molecule has 1 saturated carbocycles. The fraction of sp³-hybridized carbons (Fsp3) is 0.818. The molecule has 1 aliphatic carbocycles. The molecule has 90 valence electrons. The van der Waals surface area contributed by atoms with Crippen molar-refractivity contribution in [1.82, 2.24) is 15.1 Å². The van der Waals surface area contributed by atoms with Crippen LogP contribution >= 0.6 is 0 Å². The Kier molecular flexibility index (Phi) is 3.43. The van der Waals surface area contributed by atoms with Crippen LogP contribution in [0.2, 0.25) is 0 Å². The summed E-state index contributed by atoms with van der Waals surface area (Å²) in [5, 5.41) is 2.75. The highest BCUT2D eigenvalue weighted by Gasteiger charge is 2.26.